The smallest absolute Gasteiger partial charge is 0.340 e. The zero-order valence-electron chi connectivity index (χ0n) is 66.3. The van der Waals surface area contributed by atoms with E-state index in [-0.39, 0.29) is 58.2 Å². The van der Waals surface area contributed by atoms with E-state index < -0.39 is 142 Å². The van der Waals surface area contributed by atoms with Crippen molar-refractivity contribution in [2.45, 2.75) is 66.6 Å². The number of halogens is 1. The summed E-state index contributed by atoms with van der Waals surface area (Å²) in [6, 6.07) is 38.6. The van der Waals surface area contributed by atoms with Crippen LogP contribution in [-0.2, 0) is 107 Å². The molecule has 4 N–H and O–H groups in total. The lowest BCUT2D eigenvalue weighted by molar-refractivity contribution is -0.167. The molecule has 2 unspecified atom stereocenters. The van der Waals surface area contributed by atoms with Crippen molar-refractivity contribution in [2.24, 2.45) is 0 Å². The van der Waals surface area contributed by atoms with Gasteiger partial charge in [0.05, 0.1) is 50.8 Å². The van der Waals surface area contributed by atoms with E-state index in [0.29, 0.717) is 79.3 Å². The Bertz CT molecular complexity index is 5310. The standard InChI is InChI=1S/C41H36N2O15.C24H16O7.C17H22N2O9.CH3F/c1-22-6-10-31-34(14-22)57-35-17-28(56-25(4)46)9-12-32(35)41(31)30-11-7-26(15-29(30)40(50)58-41)39(49)42-27-8-13-33(36(16-27)51-5)43(18-37(47)54-20-52-23(2)44)19-38(48)55-21-53-24(3)45;1-12-3-6-18-20(9-12)30-21-11-15(29-13(2)25)5-8-19(21)24(18)17-7-4-14(22(26)27)10-16(17)23(28)31-24;1-11(20)25-9-27-16(22)7-19(8-17(23)28-10-26-12(2)21)14-5-4-13(18)6-15(14)24-3;1-2/h6-17H,18-21H2,1-5H3,(H,42,49);3-11H,1-2H3,(H,26,27);4-6H,7-10,18H2,1-3H3;1H3/i;;;1D. The number of nitrogens with zero attached hydrogens (tertiary/aromatic N) is 2. The molecule has 8 aromatic rings. The summed E-state index contributed by atoms with van der Waals surface area (Å²) in [4.78, 5) is 170. The van der Waals surface area contributed by atoms with Crippen molar-refractivity contribution < 1.29 is 154 Å². The van der Waals surface area contributed by atoms with E-state index in [4.69, 9.17) is 63.9 Å². The summed E-state index contributed by atoms with van der Waals surface area (Å²) in [5.41, 5.74) is 9.67. The Morgan fingerprint density at radius 2 is 0.782 bits per heavy atom. The molecule has 0 aromatic heterocycles. The molecule has 0 fully saturated rings. The van der Waals surface area contributed by atoms with Crippen molar-refractivity contribution in [1.29, 1.82) is 0 Å². The second-order valence-electron chi connectivity index (χ2n) is 25.7. The number of anilines is 4. The number of hydrogen-bond donors (Lipinski definition) is 3. The van der Waals surface area contributed by atoms with Gasteiger partial charge in [-0.2, -0.15) is 0 Å². The average Bonchev–Trinajstić information content (AvgIpc) is 1.51. The monoisotopic (exact) mass is 1650 g/mol. The van der Waals surface area contributed by atoms with Crippen molar-refractivity contribution in [1.82, 2.24) is 0 Å². The molecule has 622 valence electrons. The fourth-order valence-electron chi connectivity index (χ4n) is 12.5. The lowest BCUT2D eigenvalue weighted by Gasteiger charge is -2.36. The third kappa shape index (κ3) is 21.1. The molecule has 0 radical (unpaired) electrons. The highest BCUT2D eigenvalue weighted by Gasteiger charge is 2.55. The zero-order valence-corrected chi connectivity index (χ0v) is 65.3. The molecule has 0 bridgehead atoms. The second-order valence-corrected chi connectivity index (χ2v) is 25.7. The van der Waals surface area contributed by atoms with E-state index in [1.165, 1.54) is 94.2 Å². The molecule has 35 nitrogen and oxygen atoms in total. The first-order valence-electron chi connectivity index (χ1n) is 36.0. The van der Waals surface area contributed by atoms with Crippen LogP contribution in [0.2, 0.25) is 0 Å². The summed E-state index contributed by atoms with van der Waals surface area (Å²) < 4.78 is 99.1. The highest BCUT2D eigenvalue weighted by atomic mass is 19.1. The molecule has 8 aromatic carbocycles. The number of carbonyl (C=O) groups excluding carboxylic acids is 13. The molecule has 4 aliphatic rings. The Kier molecular flexibility index (Phi) is 28.1. The van der Waals surface area contributed by atoms with Gasteiger partial charge in [0.15, 0.2) is 11.2 Å². The first kappa shape index (κ1) is 86.3. The molecule has 0 saturated heterocycles. The number of benzene rings is 8. The van der Waals surface area contributed by atoms with Crippen LogP contribution in [0, 0.1) is 13.8 Å². The lowest BCUT2D eigenvalue weighted by atomic mass is 9.77. The van der Waals surface area contributed by atoms with Crippen LogP contribution in [-0.4, -0.2) is 163 Å². The van der Waals surface area contributed by atoms with Gasteiger partial charge in [0.2, 0.25) is 27.2 Å². The molecule has 12 rings (SSSR count). The number of carboxylic acid groups (broad SMARTS) is 1. The van der Waals surface area contributed by atoms with Crippen molar-refractivity contribution in [3.05, 3.63) is 212 Å². The predicted molar refractivity (Wildman–Crippen MR) is 409 cm³/mol. The minimum atomic E-state index is -1.44. The maximum absolute atomic E-state index is 13.7. The molecule has 4 aliphatic heterocycles. The number of nitrogen functional groups attached to an aromatic ring is 1. The summed E-state index contributed by atoms with van der Waals surface area (Å²) in [5, 5.41) is 12.1. The summed E-state index contributed by atoms with van der Waals surface area (Å²) in [6.07, 6.45) is 0. The third-order valence-corrected chi connectivity index (χ3v) is 17.4. The largest absolute Gasteiger partial charge is 0.495 e. The Morgan fingerprint density at radius 3 is 1.15 bits per heavy atom. The molecule has 119 heavy (non-hydrogen) atoms. The normalized spacial score (nSPS) is 14.1. The summed E-state index contributed by atoms with van der Waals surface area (Å²) >= 11 is 0. The van der Waals surface area contributed by atoms with Gasteiger partial charge < -0.3 is 102 Å². The first-order valence-corrected chi connectivity index (χ1v) is 35.3. The van der Waals surface area contributed by atoms with Crippen molar-refractivity contribution >= 4 is 106 Å². The Morgan fingerprint density at radius 1 is 0.437 bits per heavy atom. The van der Waals surface area contributed by atoms with E-state index in [2.05, 4.69) is 24.3 Å². The molecular formula is C83H77FN4O31. The minimum Gasteiger partial charge on any atom is -0.495 e. The Labute approximate surface area is 677 Å². The summed E-state index contributed by atoms with van der Waals surface area (Å²) in [6.45, 7) is 6.71. The van der Waals surface area contributed by atoms with Gasteiger partial charge in [0, 0.05) is 116 Å². The number of rotatable bonds is 25. The van der Waals surface area contributed by atoms with Gasteiger partial charge >= 0.3 is 77.6 Å². The van der Waals surface area contributed by atoms with Gasteiger partial charge in [-0.15, -0.1) is 0 Å². The third-order valence-electron chi connectivity index (χ3n) is 17.4. The van der Waals surface area contributed by atoms with Gasteiger partial charge in [0.25, 0.3) is 5.91 Å². The molecule has 0 aliphatic carbocycles. The number of aromatic carboxylic acids is 1. The number of ether oxygens (including phenoxy) is 16. The predicted octanol–water partition coefficient (Wildman–Crippen LogP) is 9.67. The number of aryl methyl sites for hydroxylation is 2. The van der Waals surface area contributed by atoms with Crippen molar-refractivity contribution in [3.8, 4) is 46.0 Å². The van der Waals surface area contributed by atoms with Crippen LogP contribution >= 0.6 is 0 Å². The number of carboxylic acids is 1. The van der Waals surface area contributed by atoms with Gasteiger partial charge in [0.1, 0.15) is 72.2 Å². The number of hydrogen-bond acceptors (Lipinski definition) is 33. The number of fused-ring (bicyclic) bond motifs is 12. The number of methoxy groups -OCH3 is 2. The average molecular weight is 1650 g/mol. The first-order chi connectivity index (χ1) is 57.1. The van der Waals surface area contributed by atoms with E-state index in [9.17, 15) is 76.6 Å². The maximum Gasteiger partial charge on any atom is 0.340 e. The number of carbonyl (C=O) groups is 14. The molecule has 4 heterocycles. The van der Waals surface area contributed by atoms with Crippen molar-refractivity contribution in [3.63, 3.8) is 0 Å². The summed E-state index contributed by atoms with van der Waals surface area (Å²) in [7, 11) is 1.72. The van der Waals surface area contributed by atoms with Crippen LogP contribution in [0.15, 0.2) is 146 Å². The molecular weight excluding hydrogens is 1570 g/mol. The highest BCUT2D eigenvalue weighted by molar-refractivity contribution is 6.07. The Balaban J connectivity index is 0.000000222. The number of nitrogens with two attached hydrogens (primary N) is 1. The quantitative estimate of drug-likeness (QED) is 0.0157. The lowest BCUT2D eigenvalue weighted by Crippen LogP contribution is -2.37. The fourth-order valence-corrected chi connectivity index (χ4v) is 12.5. The van der Waals surface area contributed by atoms with Crippen LogP contribution in [0.4, 0.5) is 27.1 Å². The molecule has 1 amide bonds. The van der Waals surface area contributed by atoms with Crippen LogP contribution in [0.25, 0.3) is 0 Å². The summed E-state index contributed by atoms with van der Waals surface area (Å²) in [5.74, 6) is -7.32. The second kappa shape index (κ2) is 38.8. The number of nitrogens with one attached hydrogen (secondary N) is 1. The molecule has 2 atom stereocenters. The number of amides is 1. The van der Waals surface area contributed by atoms with Crippen molar-refractivity contribution in [2.75, 3.05) is 95.6 Å². The molecule has 36 heteroatoms. The van der Waals surface area contributed by atoms with Gasteiger partial charge in [-0.25, -0.2) is 14.4 Å². The number of esters is 12. The maximum atomic E-state index is 13.7. The van der Waals surface area contributed by atoms with E-state index in [0.717, 1.165) is 25.0 Å². The minimum absolute atomic E-state index is 0.00521. The highest BCUT2D eigenvalue weighted by Crippen LogP contribution is 2.59. The number of alkyl halides is 1. The van der Waals surface area contributed by atoms with Crippen LogP contribution < -0.4 is 49.3 Å². The van der Waals surface area contributed by atoms with Crippen LogP contribution in [0.3, 0.4) is 0 Å². The van der Waals surface area contributed by atoms with E-state index in [1.54, 1.807) is 72.8 Å². The fraction of sp³-hybridized carbons (Fsp3) is 0.253. The van der Waals surface area contributed by atoms with E-state index in [1.807, 2.05) is 44.2 Å². The molecule has 2 spiro atoms. The van der Waals surface area contributed by atoms with E-state index >= 15 is 0 Å². The zero-order chi connectivity index (χ0) is 87.4. The Hall–Kier alpha value is -15.1. The van der Waals surface area contributed by atoms with Crippen LogP contribution in [0.1, 0.15) is 129 Å². The van der Waals surface area contributed by atoms with Gasteiger partial charge in [-0.05, 0) is 110 Å². The topological polar surface area (TPSA) is 451 Å². The SMILES string of the molecule is CC(=O)Oc1ccc2c(c1)Oc1cc(C)ccc1C21OC(=O)c2cc(C(=O)O)ccc21.COc1cc(N)ccc1N(CC(=O)OCOC(C)=O)CC(=O)OCOC(C)=O.COc1cc(NC(=O)c2ccc3c(c2)C(=O)OC32c3ccc(C)cc3Oc3cc(OC(C)=O)ccc32)ccc1N(CC(=O)OCOC(C)=O)CC(=O)OCOC(C)=O.[2H]CF. The van der Waals surface area contributed by atoms with Gasteiger partial charge in [-0.1, -0.05) is 36.4 Å². The van der Waals surface area contributed by atoms with Crippen LogP contribution in [0.5, 0.6) is 46.0 Å². The molecule has 0 saturated carbocycles. The van der Waals surface area contributed by atoms with Gasteiger partial charge in [-0.3, -0.25) is 57.1 Å².